The van der Waals surface area contributed by atoms with Gasteiger partial charge in [-0.25, -0.2) is 0 Å². The van der Waals surface area contributed by atoms with Crippen molar-refractivity contribution in [2.24, 2.45) is 0 Å². The summed E-state index contributed by atoms with van der Waals surface area (Å²) in [6, 6.07) is 5.53. The maximum absolute atomic E-state index is 12.1. The molecule has 0 aliphatic heterocycles. The van der Waals surface area contributed by atoms with Gasteiger partial charge in [-0.3, -0.25) is 0 Å². The number of hydrogen-bond donors (Lipinski definition) is 2. The second-order valence-electron chi connectivity index (χ2n) is 6.47. The molecule has 3 nitrogen and oxygen atoms in total. The minimum Gasteiger partial charge on any atom is -0.406 e. The zero-order valence-electron chi connectivity index (χ0n) is 12.7. The van der Waals surface area contributed by atoms with Gasteiger partial charge in [-0.05, 0) is 45.4 Å². The highest BCUT2D eigenvalue weighted by atomic mass is 19.4. The van der Waals surface area contributed by atoms with Crippen LogP contribution < -0.4 is 10.1 Å². The zero-order chi connectivity index (χ0) is 16.3. The maximum atomic E-state index is 12.1. The summed E-state index contributed by atoms with van der Waals surface area (Å²) in [5.41, 5.74) is -0.362. The molecule has 1 atom stereocenters. The van der Waals surface area contributed by atoms with Crippen LogP contribution in [0.3, 0.4) is 0 Å². The third kappa shape index (κ3) is 7.92. The molecule has 0 fully saturated rings. The number of benzene rings is 1. The highest BCUT2D eigenvalue weighted by Crippen LogP contribution is 2.24. The largest absolute Gasteiger partial charge is 0.573 e. The van der Waals surface area contributed by atoms with Crippen molar-refractivity contribution in [2.45, 2.75) is 51.6 Å². The van der Waals surface area contributed by atoms with E-state index in [9.17, 15) is 18.3 Å². The Kier molecular flexibility index (Phi) is 5.28. The molecular weight excluding hydrogens is 283 g/mol. The predicted molar refractivity (Wildman–Crippen MR) is 75.2 cm³/mol. The van der Waals surface area contributed by atoms with Crippen LogP contribution in [-0.4, -0.2) is 29.2 Å². The van der Waals surface area contributed by atoms with Crippen LogP contribution in [-0.2, 0) is 6.42 Å². The third-order valence-electron chi connectivity index (χ3n) is 2.74. The summed E-state index contributed by atoms with van der Waals surface area (Å²) in [6.45, 7) is 8.05. The van der Waals surface area contributed by atoms with Crippen LogP contribution >= 0.6 is 0 Å². The van der Waals surface area contributed by atoms with E-state index in [4.69, 9.17) is 0 Å². The van der Waals surface area contributed by atoms with E-state index in [0.717, 1.165) is 5.56 Å². The Hall–Kier alpha value is -1.27. The van der Waals surface area contributed by atoms with Crippen LogP contribution in [0.2, 0.25) is 0 Å². The molecule has 21 heavy (non-hydrogen) atoms. The SMILES string of the molecule is CC(O)(CNC(C)(C)C)Cc1ccc(OC(F)(F)F)cc1. The normalized spacial score (nSPS) is 15.6. The molecule has 1 rings (SSSR count). The molecule has 0 saturated heterocycles. The Bertz CT molecular complexity index is 447. The van der Waals surface area contributed by atoms with Crippen LogP contribution in [0.25, 0.3) is 0 Å². The van der Waals surface area contributed by atoms with Crippen molar-refractivity contribution in [3.63, 3.8) is 0 Å². The number of rotatable bonds is 5. The van der Waals surface area contributed by atoms with Gasteiger partial charge in [-0.15, -0.1) is 13.2 Å². The van der Waals surface area contributed by atoms with Gasteiger partial charge in [0.15, 0.2) is 0 Å². The monoisotopic (exact) mass is 305 g/mol. The van der Waals surface area contributed by atoms with Gasteiger partial charge in [0, 0.05) is 18.5 Å². The standard InChI is InChI=1S/C15H22F3NO2/c1-13(2,3)19-10-14(4,20)9-11-5-7-12(8-6-11)21-15(16,17)18/h5-8,19-20H,9-10H2,1-4H3. The lowest BCUT2D eigenvalue weighted by Gasteiger charge is -2.29. The number of aliphatic hydroxyl groups is 1. The van der Waals surface area contributed by atoms with E-state index in [-0.39, 0.29) is 11.3 Å². The molecule has 0 spiro atoms. The van der Waals surface area contributed by atoms with E-state index in [2.05, 4.69) is 10.1 Å². The Morgan fingerprint density at radius 1 is 1.05 bits per heavy atom. The molecular formula is C15H22F3NO2. The van der Waals surface area contributed by atoms with Gasteiger partial charge in [0.25, 0.3) is 0 Å². The highest BCUT2D eigenvalue weighted by molar-refractivity contribution is 5.28. The van der Waals surface area contributed by atoms with Gasteiger partial charge in [0.2, 0.25) is 0 Å². The van der Waals surface area contributed by atoms with E-state index in [1.807, 2.05) is 20.8 Å². The van der Waals surface area contributed by atoms with Gasteiger partial charge in [-0.1, -0.05) is 12.1 Å². The number of nitrogens with one attached hydrogen (secondary N) is 1. The Balaban J connectivity index is 2.62. The van der Waals surface area contributed by atoms with E-state index < -0.39 is 12.0 Å². The first-order valence-electron chi connectivity index (χ1n) is 6.68. The first-order chi connectivity index (χ1) is 9.36. The fourth-order valence-corrected chi connectivity index (χ4v) is 1.77. The first-order valence-corrected chi connectivity index (χ1v) is 6.68. The molecule has 0 aliphatic carbocycles. The van der Waals surface area contributed by atoms with Crippen molar-refractivity contribution < 1.29 is 23.0 Å². The van der Waals surface area contributed by atoms with E-state index >= 15 is 0 Å². The van der Waals surface area contributed by atoms with Crippen molar-refractivity contribution in [1.82, 2.24) is 5.32 Å². The van der Waals surface area contributed by atoms with Crippen LogP contribution in [0.5, 0.6) is 5.75 Å². The van der Waals surface area contributed by atoms with Gasteiger partial charge in [-0.2, -0.15) is 0 Å². The van der Waals surface area contributed by atoms with E-state index in [0.29, 0.717) is 13.0 Å². The summed E-state index contributed by atoms with van der Waals surface area (Å²) in [6.07, 6.45) is -4.36. The van der Waals surface area contributed by atoms with Crippen LogP contribution in [0.4, 0.5) is 13.2 Å². The van der Waals surface area contributed by atoms with Crippen molar-refractivity contribution in [2.75, 3.05) is 6.54 Å². The first kappa shape index (κ1) is 17.8. The number of β-amino-alcohol motifs (C(OH)–C–C–N with tert-alkyl or cyclic N) is 1. The van der Waals surface area contributed by atoms with E-state index in [1.165, 1.54) is 24.3 Å². The van der Waals surface area contributed by atoms with Crippen LogP contribution in [0.1, 0.15) is 33.3 Å². The molecule has 0 radical (unpaired) electrons. The molecule has 0 amide bonds. The predicted octanol–water partition coefficient (Wildman–Crippen LogP) is 3.27. The molecule has 0 heterocycles. The summed E-state index contributed by atoms with van der Waals surface area (Å²) in [4.78, 5) is 0. The number of ether oxygens (including phenoxy) is 1. The molecule has 2 N–H and O–H groups in total. The Morgan fingerprint density at radius 2 is 1.57 bits per heavy atom. The van der Waals surface area contributed by atoms with Crippen LogP contribution in [0.15, 0.2) is 24.3 Å². The lowest BCUT2D eigenvalue weighted by Crippen LogP contribution is -2.47. The molecule has 0 aliphatic rings. The quantitative estimate of drug-likeness (QED) is 0.877. The van der Waals surface area contributed by atoms with Gasteiger partial charge >= 0.3 is 6.36 Å². The molecule has 0 saturated carbocycles. The number of hydrogen-bond acceptors (Lipinski definition) is 3. The highest BCUT2D eigenvalue weighted by Gasteiger charge is 2.31. The fraction of sp³-hybridized carbons (Fsp3) is 0.600. The molecule has 1 unspecified atom stereocenters. The summed E-state index contributed by atoms with van der Waals surface area (Å²) < 4.78 is 40.0. The molecule has 0 aromatic heterocycles. The lowest BCUT2D eigenvalue weighted by molar-refractivity contribution is -0.274. The second-order valence-corrected chi connectivity index (χ2v) is 6.47. The Morgan fingerprint density at radius 3 is 2.00 bits per heavy atom. The average Bonchev–Trinajstić information content (AvgIpc) is 2.26. The van der Waals surface area contributed by atoms with Gasteiger partial charge in [0.05, 0.1) is 5.60 Å². The van der Waals surface area contributed by atoms with Crippen molar-refractivity contribution in [3.8, 4) is 5.75 Å². The third-order valence-corrected chi connectivity index (χ3v) is 2.74. The summed E-state index contributed by atoms with van der Waals surface area (Å²) in [5.74, 6) is -0.265. The topological polar surface area (TPSA) is 41.5 Å². The van der Waals surface area contributed by atoms with Gasteiger partial charge in [0.1, 0.15) is 5.75 Å². The zero-order valence-corrected chi connectivity index (χ0v) is 12.7. The number of alkyl halides is 3. The maximum Gasteiger partial charge on any atom is 0.573 e. The Labute approximate surface area is 123 Å². The molecule has 6 heteroatoms. The van der Waals surface area contributed by atoms with Crippen LogP contribution in [0, 0.1) is 0 Å². The summed E-state index contributed by atoms with van der Waals surface area (Å²) in [7, 11) is 0. The average molecular weight is 305 g/mol. The molecule has 120 valence electrons. The molecule has 1 aromatic carbocycles. The van der Waals surface area contributed by atoms with Crippen molar-refractivity contribution in [3.05, 3.63) is 29.8 Å². The smallest absolute Gasteiger partial charge is 0.406 e. The van der Waals surface area contributed by atoms with E-state index in [1.54, 1.807) is 6.92 Å². The summed E-state index contributed by atoms with van der Waals surface area (Å²) in [5, 5.41) is 13.5. The van der Waals surface area contributed by atoms with Crippen molar-refractivity contribution in [1.29, 1.82) is 0 Å². The molecule has 0 bridgehead atoms. The molecule has 1 aromatic rings. The van der Waals surface area contributed by atoms with Gasteiger partial charge < -0.3 is 15.2 Å². The minimum absolute atomic E-state index is 0.117. The number of halogens is 3. The summed E-state index contributed by atoms with van der Waals surface area (Å²) >= 11 is 0. The minimum atomic E-state index is -4.69. The lowest BCUT2D eigenvalue weighted by atomic mass is 9.95. The second kappa shape index (κ2) is 6.23. The fourth-order valence-electron chi connectivity index (χ4n) is 1.77. The van der Waals surface area contributed by atoms with Crippen molar-refractivity contribution >= 4 is 0 Å².